The lowest BCUT2D eigenvalue weighted by Gasteiger charge is -2.33. The van der Waals surface area contributed by atoms with Gasteiger partial charge in [-0.3, -0.25) is 4.79 Å². The fourth-order valence-electron chi connectivity index (χ4n) is 3.61. The normalized spacial score (nSPS) is 16.5. The minimum Gasteiger partial charge on any atom is -0.440 e. The molecule has 0 saturated carbocycles. The zero-order valence-corrected chi connectivity index (χ0v) is 17.8. The van der Waals surface area contributed by atoms with Crippen LogP contribution in [0.25, 0.3) is 0 Å². The number of piperazine rings is 1. The van der Waals surface area contributed by atoms with E-state index in [2.05, 4.69) is 27.9 Å². The molecule has 1 saturated heterocycles. The first-order chi connectivity index (χ1) is 13.9. The largest absolute Gasteiger partial charge is 0.440 e. The smallest absolute Gasteiger partial charge is 0.342 e. The molecule has 0 aliphatic carbocycles. The van der Waals surface area contributed by atoms with E-state index < -0.39 is 29.1 Å². The summed E-state index contributed by atoms with van der Waals surface area (Å²) in [5.41, 5.74) is 0.591. The van der Waals surface area contributed by atoms with Crippen molar-refractivity contribution in [2.24, 2.45) is 0 Å². The van der Waals surface area contributed by atoms with Crippen molar-refractivity contribution in [3.8, 4) is 0 Å². The van der Waals surface area contributed by atoms with Gasteiger partial charge >= 0.3 is 5.97 Å². The van der Waals surface area contributed by atoms with Gasteiger partial charge in [-0.1, -0.05) is 0 Å². The van der Waals surface area contributed by atoms with E-state index in [0.717, 1.165) is 15.2 Å². The number of fused-ring (bicyclic) bond motifs is 1. The molecule has 6 nitrogen and oxygen atoms in total. The fourth-order valence-corrected chi connectivity index (χ4v) is 4.25. The summed E-state index contributed by atoms with van der Waals surface area (Å²) in [5.74, 6) is -3.90. The van der Waals surface area contributed by atoms with E-state index in [-0.39, 0.29) is 18.0 Å². The first-order valence-electron chi connectivity index (χ1n) is 9.11. The number of anilines is 2. The zero-order valence-electron chi connectivity index (χ0n) is 15.6. The summed E-state index contributed by atoms with van der Waals surface area (Å²) < 4.78 is 36.3. The summed E-state index contributed by atoms with van der Waals surface area (Å²) in [4.78, 5) is 27.9. The molecule has 29 heavy (non-hydrogen) atoms. The number of hydrogen-bond acceptors (Lipinski definition) is 5. The summed E-state index contributed by atoms with van der Waals surface area (Å²) in [6.45, 7) is 3.51. The molecule has 0 aromatic heterocycles. The number of amides is 1. The average Bonchev–Trinajstić information content (AvgIpc) is 2.71. The maximum atomic E-state index is 15.2. The molecule has 1 N–H and O–H groups in total. The predicted octanol–water partition coefficient (Wildman–Crippen LogP) is 3.19. The second-order valence-electron chi connectivity index (χ2n) is 6.91. The van der Waals surface area contributed by atoms with Crippen molar-refractivity contribution in [2.45, 2.75) is 6.92 Å². The van der Waals surface area contributed by atoms with Gasteiger partial charge in [-0.25, -0.2) is 13.6 Å². The minimum atomic E-state index is -1.25. The van der Waals surface area contributed by atoms with Gasteiger partial charge in [0.25, 0.3) is 5.91 Å². The van der Waals surface area contributed by atoms with Crippen LogP contribution >= 0.6 is 22.6 Å². The van der Waals surface area contributed by atoms with Crippen LogP contribution < -0.4 is 10.2 Å². The van der Waals surface area contributed by atoms with E-state index >= 15 is 4.39 Å². The Morgan fingerprint density at radius 3 is 2.59 bits per heavy atom. The molecular formula is C20H18F2IN3O3. The number of nitrogens with one attached hydrogen (secondary N) is 1. The van der Waals surface area contributed by atoms with Crippen LogP contribution in [0, 0.1) is 22.1 Å². The Hall–Kier alpha value is -2.27. The number of carbonyl (C=O) groups is 2. The molecule has 0 bridgehead atoms. The lowest BCUT2D eigenvalue weighted by molar-refractivity contribution is 0.0491. The van der Waals surface area contributed by atoms with Gasteiger partial charge in [-0.2, -0.15) is 0 Å². The first kappa shape index (κ1) is 20.0. The number of hydrogen-bond donors (Lipinski definition) is 1. The molecule has 2 heterocycles. The van der Waals surface area contributed by atoms with E-state index in [1.165, 1.54) is 9.80 Å². The molecule has 2 aliphatic heterocycles. The molecule has 0 spiro atoms. The number of rotatable bonds is 2. The molecule has 2 aromatic rings. The summed E-state index contributed by atoms with van der Waals surface area (Å²) in [5, 5.41) is 3.09. The molecule has 2 aromatic carbocycles. The summed E-state index contributed by atoms with van der Waals surface area (Å²) in [6, 6.07) is 6.59. The molecule has 0 unspecified atom stereocenters. The highest BCUT2D eigenvalue weighted by atomic mass is 127. The number of esters is 1. The second-order valence-corrected chi connectivity index (χ2v) is 8.16. The Labute approximate surface area is 179 Å². The van der Waals surface area contributed by atoms with Crippen LogP contribution in [0.1, 0.15) is 26.3 Å². The van der Waals surface area contributed by atoms with Crippen molar-refractivity contribution in [3.63, 3.8) is 0 Å². The number of aryl methyl sites for hydroxylation is 1. The topological polar surface area (TPSA) is 61.9 Å². The Balaban J connectivity index is 1.82. The fraction of sp³-hybridized carbons (Fsp3) is 0.300. The summed E-state index contributed by atoms with van der Waals surface area (Å²) in [6.07, 6.45) is 0. The van der Waals surface area contributed by atoms with Gasteiger partial charge in [0.15, 0.2) is 18.4 Å². The van der Waals surface area contributed by atoms with E-state index in [0.29, 0.717) is 31.9 Å². The van der Waals surface area contributed by atoms with E-state index in [9.17, 15) is 14.0 Å². The van der Waals surface area contributed by atoms with Crippen LogP contribution in [-0.4, -0.2) is 49.7 Å². The lowest BCUT2D eigenvalue weighted by atomic mass is 10.0. The van der Waals surface area contributed by atoms with Crippen molar-refractivity contribution in [3.05, 3.63) is 56.2 Å². The highest BCUT2D eigenvalue weighted by Gasteiger charge is 2.35. The van der Waals surface area contributed by atoms with Gasteiger partial charge in [0.05, 0.1) is 16.8 Å². The van der Waals surface area contributed by atoms with E-state index in [1.54, 1.807) is 6.07 Å². The number of ether oxygens (including phenoxy) is 1. The second kappa shape index (κ2) is 7.86. The number of nitrogens with zero attached hydrogens (tertiary/aromatic N) is 2. The van der Waals surface area contributed by atoms with E-state index in [1.807, 2.05) is 19.1 Å². The quantitative estimate of drug-likeness (QED) is 0.494. The first-order valence-corrected chi connectivity index (χ1v) is 10.2. The van der Waals surface area contributed by atoms with Gasteiger partial charge in [-0.15, -0.1) is 0 Å². The highest BCUT2D eigenvalue weighted by molar-refractivity contribution is 14.1. The number of cyclic esters (lactones) is 1. The third-order valence-electron chi connectivity index (χ3n) is 5.08. The van der Waals surface area contributed by atoms with Crippen molar-refractivity contribution in [1.82, 2.24) is 10.2 Å². The SMILES string of the molecule is Cc1cc(I)ccc1N1COC(=O)c2cc(C(=O)N3CCNCC3)c(F)c(F)c21. The monoisotopic (exact) mass is 513 g/mol. The van der Waals surface area contributed by atoms with Crippen molar-refractivity contribution in [1.29, 1.82) is 0 Å². The molecule has 0 radical (unpaired) electrons. The van der Waals surface area contributed by atoms with Gasteiger partial charge in [-0.05, 0) is 59.3 Å². The molecular weight excluding hydrogens is 495 g/mol. The van der Waals surface area contributed by atoms with Crippen molar-refractivity contribution < 1.29 is 23.1 Å². The van der Waals surface area contributed by atoms with Crippen LogP contribution in [0.2, 0.25) is 0 Å². The van der Waals surface area contributed by atoms with Crippen LogP contribution in [0.3, 0.4) is 0 Å². The van der Waals surface area contributed by atoms with Crippen LogP contribution in [-0.2, 0) is 4.74 Å². The molecule has 9 heteroatoms. The maximum Gasteiger partial charge on any atom is 0.342 e. The Morgan fingerprint density at radius 2 is 1.90 bits per heavy atom. The minimum absolute atomic E-state index is 0.161. The van der Waals surface area contributed by atoms with Gasteiger partial charge in [0, 0.05) is 35.4 Å². The molecule has 1 fully saturated rings. The van der Waals surface area contributed by atoms with Crippen molar-refractivity contribution >= 4 is 45.8 Å². The molecule has 0 atom stereocenters. The van der Waals surface area contributed by atoms with Gasteiger partial charge in [0.2, 0.25) is 0 Å². The van der Waals surface area contributed by atoms with Crippen LogP contribution in [0.4, 0.5) is 20.2 Å². The maximum absolute atomic E-state index is 15.2. The van der Waals surface area contributed by atoms with Gasteiger partial charge in [0.1, 0.15) is 0 Å². The summed E-state index contributed by atoms with van der Waals surface area (Å²) >= 11 is 2.16. The predicted molar refractivity (Wildman–Crippen MR) is 111 cm³/mol. The van der Waals surface area contributed by atoms with Gasteiger partial charge < -0.3 is 19.9 Å². The number of halogens is 3. The Morgan fingerprint density at radius 1 is 1.17 bits per heavy atom. The molecule has 152 valence electrons. The molecule has 1 amide bonds. The Bertz CT molecular complexity index is 1010. The Kier molecular flexibility index (Phi) is 5.43. The average molecular weight is 513 g/mol. The zero-order chi connectivity index (χ0) is 20.7. The van der Waals surface area contributed by atoms with Crippen molar-refractivity contribution in [2.75, 3.05) is 37.8 Å². The molecule has 4 rings (SSSR count). The number of carbonyl (C=O) groups excluding carboxylic acids is 2. The molecule has 2 aliphatic rings. The standard InChI is InChI=1S/C20H18F2IN3O3/c1-11-8-12(23)2-3-15(11)26-10-29-20(28)14-9-13(16(21)17(22)18(14)26)19(27)25-6-4-24-5-7-25/h2-3,8-9,24H,4-7,10H2,1H3. The van der Waals surface area contributed by atoms with E-state index in [4.69, 9.17) is 4.74 Å². The third-order valence-corrected chi connectivity index (χ3v) is 5.75. The third kappa shape index (κ3) is 3.57. The highest BCUT2D eigenvalue weighted by Crippen LogP contribution is 2.39. The number of benzene rings is 2. The summed E-state index contributed by atoms with van der Waals surface area (Å²) in [7, 11) is 0. The van der Waals surface area contributed by atoms with Crippen LogP contribution in [0.15, 0.2) is 24.3 Å². The van der Waals surface area contributed by atoms with Crippen LogP contribution in [0.5, 0.6) is 0 Å². The lowest BCUT2D eigenvalue weighted by Crippen LogP contribution is -2.46.